The molecular formula is C5H10O3S3. The number of thiol groups is 2. The molecule has 0 aliphatic rings. The molecule has 2 atom stereocenters. The lowest BCUT2D eigenvalue weighted by Crippen LogP contribution is -2.18. The summed E-state index contributed by atoms with van der Waals surface area (Å²) in [5.74, 6) is -0.538. The molecule has 0 saturated carbocycles. The standard InChI is InChI=1S/C5H10O3S3/c6-1-3(2-9)11-5(10)4(7)8/h3,5-6,9-10H,1-2H2,(H,7,8). The Hall–Kier alpha value is 0.480. The summed E-state index contributed by atoms with van der Waals surface area (Å²) in [7, 11) is 0. The third-order valence-electron chi connectivity index (χ3n) is 0.940. The summed E-state index contributed by atoms with van der Waals surface area (Å²) in [5.41, 5.74) is 0. The molecule has 3 nitrogen and oxygen atoms in total. The lowest BCUT2D eigenvalue weighted by Gasteiger charge is -2.12. The Labute approximate surface area is 80.4 Å². The molecule has 0 aliphatic heterocycles. The SMILES string of the molecule is O=C(O)C(S)SC(CO)CS. The molecule has 0 fully saturated rings. The summed E-state index contributed by atoms with van der Waals surface area (Å²) in [6.07, 6.45) is 0. The van der Waals surface area contributed by atoms with Gasteiger partial charge >= 0.3 is 5.97 Å². The van der Waals surface area contributed by atoms with Gasteiger partial charge in [0.25, 0.3) is 0 Å². The van der Waals surface area contributed by atoms with Crippen LogP contribution in [0.25, 0.3) is 0 Å². The second kappa shape index (κ2) is 6.05. The Bertz CT molecular complexity index is 126. The number of rotatable bonds is 5. The number of hydrogen-bond acceptors (Lipinski definition) is 5. The molecule has 0 heterocycles. The highest BCUT2D eigenvalue weighted by molar-refractivity contribution is 8.12. The van der Waals surface area contributed by atoms with E-state index in [-0.39, 0.29) is 11.9 Å². The number of aliphatic hydroxyl groups excluding tert-OH is 1. The molecular weight excluding hydrogens is 204 g/mol. The zero-order valence-electron chi connectivity index (χ0n) is 5.67. The lowest BCUT2D eigenvalue weighted by molar-refractivity contribution is -0.134. The van der Waals surface area contributed by atoms with Gasteiger partial charge in [-0.3, -0.25) is 4.79 Å². The van der Waals surface area contributed by atoms with Crippen LogP contribution in [0.2, 0.25) is 0 Å². The summed E-state index contributed by atoms with van der Waals surface area (Å²) in [6.45, 7) is -0.0709. The van der Waals surface area contributed by atoms with Gasteiger partial charge < -0.3 is 10.2 Å². The van der Waals surface area contributed by atoms with Crippen molar-refractivity contribution < 1.29 is 15.0 Å². The van der Waals surface area contributed by atoms with E-state index in [0.717, 1.165) is 11.8 Å². The van der Waals surface area contributed by atoms with Crippen molar-refractivity contribution >= 4 is 43.0 Å². The molecule has 66 valence electrons. The van der Waals surface area contributed by atoms with Crippen LogP contribution in [0.3, 0.4) is 0 Å². The average Bonchev–Trinajstić information content (AvgIpc) is 1.99. The predicted octanol–water partition coefficient (Wildman–Crippen LogP) is 0.351. The van der Waals surface area contributed by atoms with E-state index in [9.17, 15) is 4.79 Å². The number of carbonyl (C=O) groups is 1. The zero-order chi connectivity index (χ0) is 8.85. The van der Waals surface area contributed by atoms with E-state index in [0.29, 0.717) is 5.75 Å². The molecule has 0 aromatic heterocycles. The van der Waals surface area contributed by atoms with Crippen LogP contribution < -0.4 is 0 Å². The Morgan fingerprint density at radius 2 is 2.18 bits per heavy atom. The molecule has 2 N–H and O–H groups in total. The molecule has 2 unspecified atom stereocenters. The fourth-order valence-electron chi connectivity index (χ4n) is 0.384. The minimum Gasteiger partial charge on any atom is -0.480 e. The maximum absolute atomic E-state index is 10.3. The number of hydrogen-bond donors (Lipinski definition) is 4. The van der Waals surface area contributed by atoms with Crippen LogP contribution in [-0.2, 0) is 4.79 Å². The van der Waals surface area contributed by atoms with E-state index >= 15 is 0 Å². The number of thioether (sulfide) groups is 1. The number of aliphatic hydroxyl groups is 1. The van der Waals surface area contributed by atoms with Gasteiger partial charge in [0.05, 0.1) is 6.61 Å². The molecule has 0 rings (SSSR count). The topological polar surface area (TPSA) is 57.5 Å². The highest BCUT2D eigenvalue weighted by atomic mass is 32.2. The predicted molar refractivity (Wildman–Crippen MR) is 52.7 cm³/mol. The van der Waals surface area contributed by atoms with Crippen molar-refractivity contribution in [3.8, 4) is 0 Å². The van der Waals surface area contributed by atoms with Gasteiger partial charge in [0.2, 0.25) is 0 Å². The molecule has 0 aromatic carbocycles. The van der Waals surface area contributed by atoms with Crippen molar-refractivity contribution in [1.29, 1.82) is 0 Å². The zero-order valence-corrected chi connectivity index (χ0v) is 8.28. The Morgan fingerprint density at radius 1 is 1.64 bits per heavy atom. The molecule has 0 spiro atoms. The molecule has 0 aromatic rings. The Morgan fingerprint density at radius 3 is 2.45 bits per heavy atom. The van der Waals surface area contributed by atoms with E-state index in [1.807, 2.05) is 0 Å². The Balaban J connectivity index is 3.71. The molecule has 0 radical (unpaired) electrons. The van der Waals surface area contributed by atoms with Crippen LogP contribution in [0, 0.1) is 0 Å². The molecule has 0 aliphatic carbocycles. The molecule has 6 heteroatoms. The van der Waals surface area contributed by atoms with Crippen molar-refractivity contribution in [3.05, 3.63) is 0 Å². The van der Waals surface area contributed by atoms with Gasteiger partial charge in [-0.2, -0.15) is 25.3 Å². The smallest absolute Gasteiger partial charge is 0.326 e. The first-order valence-corrected chi connectivity index (χ1v) is 4.99. The minimum atomic E-state index is -0.987. The number of aliphatic carboxylic acids is 1. The van der Waals surface area contributed by atoms with Crippen molar-refractivity contribution in [1.82, 2.24) is 0 Å². The molecule has 11 heavy (non-hydrogen) atoms. The van der Waals surface area contributed by atoms with Crippen molar-refractivity contribution in [2.24, 2.45) is 0 Å². The van der Waals surface area contributed by atoms with E-state index in [4.69, 9.17) is 10.2 Å². The minimum absolute atomic E-state index is 0.0709. The van der Waals surface area contributed by atoms with Gasteiger partial charge in [0.1, 0.15) is 4.58 Å². The number of carboxylic acid groups (broad SMARTS) is 1. The van der Waals surface area contributed by atoms with E-state index in [1.54, 1.807) is 0 Å². The summed E-state index contributed by atoms with van der Waals surface area (Å²) in [6, 6.07) is 0. The fourth-order valence-corrected chi connectivity index (χ4v) is 1.93. The third kappa shape index (κ3) is 4.84. The van der Waals surface area contributed by atoms with E-state index < -0.39 is 10.6 Å². The fraction of sp³-hybridized carbons (Fsp3) is 0.800. The van der Waals surface area contributed by atoms with Gasteiger partial charge in [0.15, 0.2) is 0 Å². The van der Waals surface area contributed by atoms with Crippen LogP contribution in [0.15, 0.2) is 0 Å². The van der Waals surface area contributed by atoms with Crippen LogP contribution in [-0.4, -0.2) is 38.4 Å². The van der Waals surface area contributed by atoms with Crippen molar-refractivity contribution in [2.45, 2.75) is 9.83 Å². The summed E-state index contributed by atoms with van der Waals surface area (Å²) < 4.78 is -0.778. The van der Waals surface area contributed by atoms with Gasteiger partial charge in [-0.25, -0.2) is 0 Å². The summed E-state index contributed by atoms with van der Waals surface area (Å²) in [5, 5.41) is 16.9. The normalized spacial score (nSPS) is 15.9. The molecule has 0 saturated heterocycles. The first kappa shape index (κ1) is 11.5. The molecule has 0 bridgehead atoms. The summed E-state index contributed by atoms with van der Waals surface area (Å²) in [4.78, 5) is 10.3. The second-order valence-corrected chi connectivity index (χ2v) is 4.45. The Kier molecular flexibility index (Phi) is 6.31. The van der Waals surface area contributed by atoms with Crippen LogP contribution >= 0.6 is 37.0 Å². The van der Waals surface area contributed by atoms with Gasteiger partial charge in [-0.05, 0) is 0 Å². The highest BCUT2D eigenvalue weighted by Gasteiger charge is 2.17. The largest absolute Gasteiger partial charge is 0.480 e. The van der Waals surface area contributed by atoms with Gasteiger partial charge in [0, 0.05) is 11.0 Å². The lowest BCUT2D eigenvalue weighted by atomic mass is 10.5. The quantitative estimate of drug-likeness (QED) is 0.394. The van der Waals surface area contributed by atoms with E-state index in [1.165, 1.54) is 0 Å². The van der Waals surface area contributed by atoms with Gasteiger partial charge in [-0.1, -0.05) is 0 Å². The summed E-state index contributed by atoms with van der Waals surface area (Å²) >= 11 is 8.81. The molecule has 0 amide bonds. The first-order valence-electron chi connectivity index (χ1n) is 2.89. The van der Waals surface area contributed by atoms with Crippen molar-refractivity contribution in [2.75, 3.05) is 12.4 Å². The van der Waals surface area contributed by atoms with Crippen LogP contribution in [0.4, 0.5) is 0 Å². The maximum Gasteiger partial charge on any atom is 0.326 e. The van der Waals surface area contributed by atoms with E-state index in [2.05, 4.69) is 25.3 Å². The van der Waals surface area contributed by atoms with Crippen LogP contribution in [0.5, 0.6) is 0 Å². The van der Waals surface area contributed by atoms with Crippen molar-refractivity contribution in [3.63, 3.8) is 0 Å². The van der Waals surface area contributed by atoms with Crippen LogP contribution in [0.1, 0.15) is 0 Å². The average molecular weight is 214 g/mol. The maximum atomic E-state index is 10.3. The monoisotopic (exact) mass is 214 g/mol. The highest BCUT2D eigenvalue weighted by Crippen LogP contribution is 2.21. The van der Waals surface area contributed by atoms with Gasteiger partial charge in [-0.15, -0.1) is 11.8 Å². The second-order valence-electron chi connectivity index (χ2n) is 1.81. The number of carboxylic acids is 1. The third-order valence-corrected chi connectivity index (χ3v) is 3.37. The first-order chi connectivity index (χ1) is 5.11.